The van der Waals surface area contributed by atoms with Crippen LogP contribution in [0.2, 0.25) is 5.02 Å². The number of benzene rings is 2. The van der Waals surface area contributed by atoms with Crippen LogP contribution in [0.1, 0.15) is 30.4 Å². The predicted octanol–water partition coefficient (Wildman–Crippen LogP) is 5.27. The molecule has 24 heavy (non-hydrogen) atoms. The van der Waals surface area contributed by atoms with Gasteiger partial charge in [-0.15, -0.1) is 11.8 Å². The highest BCUT2D eigenvalue weighted by Crippen LogP contribution is 2.21. The van der Waals surface area contributed by atoms with Crippen LogP contribution < -0.4 is 5.32 Å². The Morgan fingerprint density at radius 2 is 1.75 bits per heavy atom. The largest absolute Gasteiger partial charge is 0.356 e. The molecule has 1 N–H and O–H groups in total. The van der Waals surface area contributed by atoms with Crippen molar-refractivity contribution in [3.8, 4) is 0 Å². The molecular formula is C20H24ClNOS. The van der Waals surface area contributed by atoms with Gasteiger partial charge in [0.2, 0.25) is 5.91 Å². The lowest BCUT2D eigenvalue weighted by Gasteiger charge is -2.06. The van der Waals surface area contributed by atoms with E-state index in [4.69, 9.17) is 11.6 Å². The maximum atomic E-state index is 11.8. The molecule has 128 valence electrons. The maximum absolute atomic E-state index is 11.8. The first kappa shape index (κ1) is 18.9. The van der Waals surface area contributed by atoms with E-state index in [0.717, 1.165) is 36.6 Å². The summed E-state index contributed by atoms with van der Waals surface area (Å²) in [6.45, 7) is 2.84. The van der Waals surface area contributed by atoms with Crippen molar-refractivity contribution in [3.05, 3.63) is 64.7 Å². The Hall–Kier alpha value is -1.45. The number of nitrogens with one attached hydrogen (secondary N) is 1. The second-order valence-corrected chi connectivity index (χ2v) is 7.45. The molecule has 0 unspecified atom stereocenters. The molecule has 0 radical (unpaired) electrons. The first-order valence-corrected chi connectivity index (χ1v) is 9.70. The van der Waals surface area contributed by atoms with Crippen LogP contribution in [0.4, 0.5) is 0 Å². The molecule has 0 atom stereocenters. The number of aryl methyl sites for hydroxylation is 2. The molecule has 0 heterocycles. The molecule has 0 spiro atoms. The van der Waals surface area contributed by atoms with Crippen molar-refractivity contribution in [1.82, 2.24) is 5.32 Å². The van der Waals surface area contributed by atoms with Crippen molar-refractivity contribution >= 4 is 29.3 Å². The van der Waals surface area contributed by atoms with Crippen molar-refractivity contribution in [3.63, 3.8) is 0 Å². The summed E-state index contributed by atoms with van der Waals surface area (Å²) < 4.78 is 0. The predicted molar refractivity (Wildman–Crippen MR) is 104 cm³/mol. The zero-order chi connectivity index (χ0) is 17.2. The molecule has 0 aromatic heterocycles. The average molecular weight is 362 g/mol. The lowest BCUT2D eigenvalue weighted by molar-refractivity contribution is -0.121. The number of hydrogen-bond acceptors (Lipinski definition) is 2. The number of amides is 1. The molecule has 0 aliphatic carbocycles. The van der Waals surface area contributed by atoms with E-state index in [2.05, 4.69) is 36.5 Å². The zero-order valence-corrected chi connectivity index (χ0v) is 15.6. The molecule has 0 saturated heterocycles. The number of carbonyl (C=O) groups excluding carboxylic acids is 1. The van der Waals surface area contributed by atoms with Gasteiger partial charge in [0.05, 0.1) is 0 Å². The highest BCUT2D eigenvalue weighted by molar-refractivity contribution is 7.99. The first-order valence-electron chi connectivity index (χ1n) is 8.34. The number of thioether (sulfide) groups is 1. The second kappa shape index (κ2) is 10.4. The molecule has 0 aliphatic rings. The topological polar surface area (TPSA) is 29.1 Å². The Bertz CT molecular complexity index is 570. The summed E-state index contributed by atoms with van der Waals surface area (Å²) in [5.74, 6) is 1.09. The van der Waals surface area contributed by atoms with Gasteiger partial charge in [-0.3, -0.25) is 4.79 Å². The van der Waals surface area contributed by atoms with E-state index in [1.165, 1.54) is 16.0 Å². The third kappa shape index (κ3) is 7.41. The number of hydrogen-bond donors (Lipinski definition) is 1. The van der Waals surface area contributed by atoms with Gasteiger partial charge in [0, 0.05) is 22.9 Å². The van der Waals surface area contributed by atoms with Crippen molar-refractivity contribution in [2.24, 2.45) is 0 Å². The van der Waals surface area contributed by atoms with Gasteiger partial charge in [-0.05, 0) is 61.8 Å². The highest BCUT2D eigenvalue weighted by atomic mass is 35.5. The van der Waals surface area contributed by atoms with E-state index in [-0.39, 0.29) is 5.91 Å². The minimum absolute atomic E-state index is 0.149. The molecule has 2 nitrogen and oxygen atoms in total. The lowest BCUT2D eigenvalue weighted by atomic mass is 10.1. The molecule has 0 aliphatic heterocycles. The molecule has 4 heteroatoms. The fraction of sp³-hybridized carbons (Fsp3) is 0.350. The molecule has 2 aromatic rings. The van der Waals surface area contributed by atoms with Gasteiger partial charge in [-0.25, -0.2) is 0 Å². The Kier molecular flexibility index (Phi) is 8.20. The second-order valence-electron chi connectivity index (χ2n) is 5.85. The van der Waals surface area contributed by atoms with Crippen LogP contribution in [0, 0.1) is 6.92 Å². The van der Waals surface area contributed by atoms with Gasteiger partial charge in [-0.2, -0.15) is 0 Å². The van der Waals surface area contributed by atoms with Crippen LogP contribution in [0.3, 0.4) is 0 Å². The van der Waals surface area contributed by atoms with E-state index in [0.29, 0.717) is 6.42 Å². The van der Waals surface area contributed by atoms with Crippen LogP contribution >= 0.6 is 23.4 Å². The van der Waals surface area contributed by atoms with Crippen molar-refractivity contribution in [1.29, 1.82) is 0 Å². The third-order valence-corrected chi connectivity index (χ3v) is 5.07. The fourth-order valence-corrected chi connectivity index (χ4v) is 3.30. The number of halogens is 1. The van der Waals surface area contributed by atoms with E-state index < -0.39 is 0 Å². The van der Waals surface area contributed by atoms with E-state index in [1.807, 2.05) is 24.3 Å². The smallest absolute Gasteiger partial charge is 0.220 e. The van der Waals surface area contributed by atoms with Gasteiger partial charge in [0.15, 0.2) is 0 Å². The zero-order valence-electron chi connectivity index (χ0n) is 14.1. The van der Waals surface area contributed by atoms with E-state index >= 15 is 0 Å². The molecule has 1 amide bonds. The van der Waals surface area contributed by atoms with Gasteiger partial charge >= 0.3 is 0 Å². The normalized spacial score (nSPS) is 10.6. The third-order valence-electron chi connectivity index (χ3n) is 3.72. The fourth-order valence-electron chi connectivity index (χ4n) is 2.32. The molecule has 2 aromatic carbocycles. The highest BCUT2D eigenvalue weighted by Gasteiger charge is 2.02. The van der Waals surface area contributed by atoms with Crippen molar-refractivity contribution < 1.29 is 4.79 Å². The first-order chi connectivity index (χ1) is 11.6. The van der Waals surface area contributed by atoms with Crippen LogP contribution in [0.15, 0.2) is 53.4 Å². The van der Waals surface area contributed by atoms with Crippen LogP contribution in [-0.4, -0.2) is 18.2 Å². The van der Waals surface area contributed by atoms with E-state index in [1.54, 1.807) is 11.8 Å². The summed E-state index contributed by atoms with van der Waals surface area (Å²) in [4.78, 5) is 13.0. The summed E-state index contributed by atoms with van der Waals surface area (Å²) in [5, 5.41) is 3.76. The quantitative estimate of drug-likeness (QED) is 0.487. The summed E-state index contributed by atoms with van der Waals surface area (Å²) in [6.07, 6.45) is 3.46. The standard InChI is InChI=1S/C20H24ClNOS/c1-16-6-8-17(9-7-16)4-2-14-22-20(23)5-3-15-24-19-12-10-18(21)11-13-19/h6-13H,2-5,14-15H2,1H3,(H,22,23). The summed E-state index contributed by atoms with van der Waals surface area (Å²) >= 11 is 7.62. The minimum Gasteiger partial charge on any atom is -0.356 e. The summed E-state index contributed by atoms with van der Waals surface area (Å²) in [6, 6.07) is 16.4. The van der Waals surface area contributed by atoms with Gasteiger partial charge < -0.3 is 5.32 Å². The SMILES string of the molecule is Cc1ccc(CCCNC(=O)CCCSc2ccc(Cl)cc2)cc1. The molecule has 0 saturated carbocycles. The summed E-state index contributed by atoms with van der Waals surface area (Å²) in [5.41, 5.74) is 2.61. The number of carbonyl (C=O) groups is 1. The van der Waals surface area contributed by atoms with Crippen LogP contribution in [-0.2, 0) is 11.2 Å². The lowest BCUT2D eigenvalue weighted by Crippen LogP contribution is -2.24. The summed E-state index contributed by atoms with van der Waals surface area (Å²) in [7, 11) is 0. The molecule has 2 rings (SSSR count). The Morgan fingerprint density at radius 1 is 1.04 bits per heavy atom. The van der Waals surface area contributed by atoms with Gasteiger partial charge in [0.1, 0.15) is 0 Å². The van der Waals surface area contributed by atoms with Crippen molar-refractivity contribution in [2.75, 3.05) is 12.3 Å². The average Bonchev–Trinajstić information content (AvgIpc) is 2.59. The van der Waals surface area contributed by atoms with Crippen LogP contribution in [0.25, 0.3) is 0 Å². The van der Waals surface area contributed by atoms with Gasteiger partial charge in [-0.1, -0.05) is 41.4 Å². The Morgan fingerprint density at radius 3 is 2.46 bits per heavy atom. The van der Waals surface area contributed by atoms with E-state index in [9.17, 15) is 4.79 Å². The number of rotatable bonds is 9. The molecule has 0 bridgehead atoms. The minimum atomic E-state index is 0.149. The molecule has 0 fully saturated rings. The Balaban J connectivity index is 1.52. The molecular weight excluding hydrogens is 338 g/mol. The van der Waals surface area contributed by atoms with Gasteiger partial charge in [0.25, 0.3) is 0 Å². The van der Waals surface area contributed by atoms with Crippen molar-refractivity contribution in [2.45, 2.75) is 37.5 Å². The maximum Gasteiger partial charge on any atom is 0.220 e. The monoisotopic (exact) mass is 361 g/mol. The Labute approximate surface area is 154 Å². The van der Waals surface area contributed by atoms with Crippen LogP contribution in [0.5, 0.6) is 0 Å².